The van der Waals surface area contributed by atoms with Crippen LogP contribution < -0.4 is 0 Å². The van der Waals surface area contributed by atoms with Gasteiger partial charge in [-0.25, -0.2) is 9.37 Å². The molecule has 1 aliphatic rings. The Kier molecular flexibility index (Phi) is 6.92. The van der Waals surface area contributed by atoms with Gasteiger partial charge in [-0.1, -0.05) is 12.1 Å². The summed E-state index contributed by atoms with van der Waals surface area (Å²) in [6.07, 6.45) is 3.52. The zero-order chi connectivity index (χ0) is 22.5. The van der Waals surface area contributed by atoms with Crippen molar-refractivity contribution in [2.24, 2.45) is 0 Å². The fourth-order valence-corrected chi connectivity index (χ4v) is 3.90. The van der Waals surface area contributed by atoms with Gasteiger partial charge in [0, 0.05) is 11.6 Å². The van der Waals surface area contributed by atoms with E-state index in [4.69, 9.17) is 13.9 Å². The zero-order valence-electron chi connectivity index (χ0n) is 17.8. The van der Waals surface area contributed by atoms with Crippen LogP contribution in [0.4, 0.5) is 10.1 Å². The fraction of sp³-hybridized carbons (Fsp3) is 0.375. The van der Waals surface area contributed by atoms with Crippen molar-refractivity contribution in [3.05, 3.63) is 81.5 Å². The molecule has 1 fully saturated rings. The first-order chi connectivity index (χ1) is 15.5. The quantitative estimate of drug-likeness (QED) is 0.328. The van der Waals surface area contributed by atoms with Crippen LogP contribution in [0.1, 0.15) is 42.7 Å². The summed E-state index contributed by atoms with van der Waals surface area (Å²) in [6, 6.07) is 12.6. The van der Waals surface area contributed by atoms with E-state index in [0.29, 0.717) is 35.1 Å². The van der Waals surface area contributed by atoms with E-state index in [0.717, 1.165) is 25.7 Å². The molecule has 168 valence electrons. The molecule has 0 amide bonds. The Balaban J connectivity index is 1.31. The highest BCUT2D eigenvalue weighted by Crippen LogP contribution is 2.28. The lowest BCUT2D eigenvalue weighted by atomic mass is 9.95. The maximum atomic E-state index is 13.1. The molecule has 0 bridgehead atoms. The summed E-state index contributed by atoms with van der Waals surface area (Å²) in [5.41, 5.74) is 2.08. The van der Waals surface area contributed by atoms with E-state index < -0.39 is 0 Å². The second kappa shape index (κ2) is 10.0. The van der Waals surface area contributed by atoms with Crippen molar-refractivity contribution < 1.29 is 23.2 Å². The first-order valence-electron chi connectivity index (χ1n) is 10.7. The molecule has 0 radical (unpaired) electrons. The van der Waals surface area contributed by atoms with Crippen LogP contribution in [0, 0.1) is 22.9 Å². The highest BCUT2D eigenvalue weighted by Gasteiger charge is 2.25. The molecule has 3 aromatic rings. The second-order valence-electron chi connectivity index (χ2n) is 7.95. The van der Waals surface area contributed by atoms with Gasteiger partial charge in [0.05, 0.1) is 35.9 Å². The number of aromatic nitrogens is 1. The van der Waals surface area contributed by atoms with Crippen LogP contribution >= 0.6 is 0 Å². The Bertz CT molecular complexity index is 1070. The minimum atomic E-state index is -0.383. The number of rotatable bonds is 8. The van der Waals surface area contributed by atoms with Crippen LogP contribution in [-0.2, 0) is 22.7 Å². The summed E-state index contributed by atoms with van der Waals surface area (Å²) in [5.74, 6) is 0.802. The number of oxazole rings is 1. The van der Waals surface area contributed by atoms with Crippen molar-refractivity contribution in [2.75, 3.05) is 0 Å². The molecule has 4 rings (SSSR count). The molecular weight excluding hydrogens is 415 g/mol. The van der Waals surface area contributed by atoms with Crippen molar-refractivity contribution in [2.45, 2.75) is 58.0 Å². The van der Waals surface area contributed by atoms with Crippen molar-refractivity contribution >= 4 is 5.69 Å². The van der Waals surface area contributed by atoms with E-state index in [1.54, 1.807) is 30.3 Å². The Labute approximate surface area is 185 Å². The van der Waals surface area contributed by atoms with Gasteiger partial charge in [-0.05, 0) is 62.9 Å². The first kappa shape index (κ1) is 22.1. The van der Waals surface area contributed by atoms with Gasteiger partial charge < -0.3 is 13.9 Å². The minimum absolute atomic E-state index is 0.0123. The molecule has 2 aromatic carbocycles. The van der Waals surface area contributed by atoms with Crippen molar-refractivity contribution in [3.63, 3.8) is 0 Å². The van der Waals surface area contributed by atoms with Crippen molar-refractivity contribution in [1.29, 1.82) is 0 Å². The fourth-order valence-electron chi connectivity index (χ4n) is 3.90. The van der Waals surface area contributed by atoms with E-state index in [2.05, 4.69) is 4.98 Å². The molecular formula is C24H25FN2O5. The van der Waals surface area contributed by atoms with Crippen LogP contribution in [0.25, 0.3) is 11.5 Å². The number of para-hydroxylation sites is 1. The second-order valence-corrected chi connectivity index (χ2v) is 7.95. The number of benzene rings is 2. The van der Waals surface area contributed by atoms with Gasteiger partial charge in [-0.2, -0.15) is 0 Å². The smallest absolute Gasteiger partial charge is 0.274 e. The van der Waals surface area contributed by atoms with E-state index in [1.807, 2.05) is 6.92 Å². The Morgan fingerprint density at radius 1 is 1.09 bits per heavy atom. The monoisotopic (exact) mass is 440 g/mol. The summed E-state index contributed by atoms with van der Waals surface area (Å²) in [5, 5.41) is 11.2. The van der Waals surface area contributed by atoms with Crippen molar-refractivity contribution in [1.82, 2.24) is 4.98 Å². The van der Waals surface area contributed by atoms with Gasteiger partial charge in [-0.3, -0.25) is 10.1 Å². The number of halogens is 1. The third-order valence-corrected chi connectivity index (χ3v) is 5.68. The molecule has 32 heavy (non-hydrogen) atoms. The van der Waals surface area contributed by atoms with Crippen LogP contribution in [0.5, 0.6) is 0 Å². The average molecular weight is 440 g/mol. The molecule has 2 atom stereocenters. The Morgan fingerprint density at radius 2 is 1.78 bits per heavy atom. The summed E-state index contributed by atoms with van der Waals surface area (Å²) < 4.78 is 30.9. The zero-order valence-corrected chi connectivity index (χ0v) is 17.8. The predicted octanol–water partition coefficient (Wildman–Crippen LogP) is 5.74. The topological polar surface area (TPSA) is 87.6 Å². The maximum Gasteiger partial charge on any atom is 0.274 e. The Hall–Kier alpha value is -3.10. The Morgan fingerprint density at radius 3 is 2.50 bits per heavy atom. The minimum Gasteiger partial charge on any atom is -0.441 e. The molecule has 8 heteroatoms. The molecule has 0 N–H and O–H groups in total. The third-order valence-electron chi connectivity index (χ3n) is 5.68. The molecule has 0 spiro atoms. The molecule has 1 heterocycles. The van der Waals surface area contributed by atoms with Crippen molar-refractivity contribution in [3.8, 4) is 11.5 Å². The van der Waals surface area contributed by atoms with Gasteiger partial charge >= 0.3 is 0 Å². The lowest BCUT2D eigenvalue weighted by molar-refractivity contribution is -0.386. The number of hydrogen-bond donors (Lipinski definition) is 0. The summed E-state index contributed by atoms with van der Waals surface area (Å²) in [4.78, 5) is 15.3. The van der Waals surface area contributed by atoms with Gasteiger partial charge in [0.15, 0.2) is 0 Å². The normalized spacial score (nSPS) is 18.6. The van der Waals surface area contributed by atoms with Gasteiger partial charge in [-0.15, -0.1) is 0 Å². The molecule has 1 aliphatic carbocycles. The van der Waals surface area contributed by atoms with Crippen LogP contribution in [0.2, 0.25) is 0 Å². The lowest BCUT2D eigenvalue weighted by Crippen LogP contribution is -2.28. The van der Waals surface area contributed by atoms with Gasteiger partial charge in [0.25, 0.3) is 5.69 Å². The number of nitro groups is 1. The van der Waals surface area contributed by atoms with Gasteiger partial charge in [0.1, 0.15) is 17.3 Å². The first-order valence-corrected chi connectivity index (χ1v) is 10.7. The van der Waals surface area contributed by atoms with E-state index in [9.17, 15) is 14.5 Å². The highest BCUT2D eigenvalue weighted by atomic mass is 19.1. The SMILES string of the molecule is Cc1oc(-c2ccc(F)cc2)nc1CO[C@H]1CCC[C@@H](OCc2ccccc2[N+](=O)[O-])C1. The highest BCUT2D eigenvalue weighted by molar-refractivity contribution is 5.53. The summed E-state index contributed by atoms with van der Waals surface area (Å²) >= 11 is 0. The predicted molar refractivity (Wildman–Crippen MR) is 115 cm³/mol. The van der Waals surface area contributed by atoms with Crippen LogP contribution in [0.15, 0.2) is 52.9 Å². The standard InChI is InChI=1S/C24H25FN2O5/c1-16-22(26-24(32-16)17-9-11-19(25)12-10-17)15-31-21-7-4-6-20(13-21)30-14-18-5-2-3-8-23(18)27(28)29/h2-3,5,8-12,20-21H,4,6-7,13-15H2,1H3/t20-,21+/m1/s1. The number of nitro benzene ring substituents is 1. The average Bonchev–Trinajstić information content (AvgIpc) is 3.17. The summed E-state index contributed by atoms with van der Waals surface area (Å²) in [6.45, 7) is 2.36. The molecule has 0 aliphatic heterocycles. The largest absolute Gasteiger partial charge is 0.441 e. The number of hydrogen-bond acceptors (Lipinski definition) is 6. The maximum absolute atomic E-state index is 13.1. The molecule has 0 unspecified atom stereocenters. The number of ether oxygens (including phenoxy) is 2. The molecule has 1 aromatic heterocycles. The molecule has 0 saturated heterocycles. The molecule has 7 nitrogen and oxygen atoms in total. The van der Waals surface area contributed by atoms with Crippen LogP contribution in [0.3, 0.4) is 0 Å². The van der Waals surface area contributed by atoms with E-state index in [-0.39, 0.29) is 35.2 Å². The van der Waals surface area contributed by atoms with Crippen LogP contribution in [-0.4, -0.2) is 22.1 Å². The lowest BCUT2D eigenvalue weighted by Gasteiger charge is -2.29. The van der Waals surface area contributed by atoms with Gasteiger partial charge in [0.2, 0.25) is 5.89 Å². The van der Waals surface area contributed by atoms with E-state index >= 15 is 0 Å². The number of nitrogens with zero attached hydrogens (tertiary/aromatic N) is 2. The van der Waals surface area contributed by atoms with E-state index in [1.165, 1.54) is 18.2 Å². The molecule has 1 saturated carbocycles. The number of aryl methyl sites for hydroxylation is 1. The summed E-state index contributed by atoms with van der Waals surface area (Å²) in [7, 11) is 0. The third kappa shape index (κ3) is 5.38.